The fourth-order valence-electron chi connectivity index (χ4n) is 3.66. The third-order valence-corrected chi connectivity index (χ3v) is 5.41. The van der Waals surface area contributed by atoms with Gasteiger partial charge in [-0.3, -0.25) is 20.6 Å². The summed E-state index contributed by atoms with van der Waals surface area (Å²) in [4.78, 5) is 23.1. The standard InChI is InChI=1S/C23H22FN5O4/c24-14-5-3-13(4-6-14)12-17(25)33-22(26)20-21(31)18-16(2-1-9-27-18)19(28-20)23(32)29-10-7-15(30)8-11-29/h1-6,9,15,25-26,30-31H,7-8,10-12H2. The molecule has 3 heterocycles. The minimum Gasteiger partial charge on any atom is -0.504 e. The highest BCUT2D eigenvalue weighted by Crippen LogP contribution is 2.29. The first-order valence-corrected chi connectivity index (χ1v) is 10.4. The average Bonchev–Trinajstić information content (AvgIpc) is 2.81. The zero-order valence-corrected chi connectivity index (χ0v) is 17.6. The second-order valence-corrected chi connectivity index (χ2v) is 7.74. The molecule has 170 valence electrons. The van der Waals surface area contributed by atoms with Gasteiger partial charge >= 0.3 is 0 Å². The highest BCUT2D eigenvalue weighted by atomic mass is 19.1. The molecular weight excluding hydrogens is 429 g/mol. The molecule has 2 aromatic heterocycles. The van der Waals surface area contributed by atoms with E-state index >= 15 is 0 Å². The molecule has 1 saturated heterocycles. The number of amides is 1. The smallest absolute Gasteiger partial charge is 0.273 e. The Morgan fingerprint density at radius 1 is 1.15 bits per heavy atom. The molecule has 1 aliphatic heterocycles. The minimum absolute atomic E-state index is 0.000653. The first-order chi connectivity index (χ1) is 15.8. The number of piperidine rings is 1. The molecule has 1 fully saturated rings. The lowest BCUT2D eigenvalue weighted by atomic mass is 10.1. The Morgan fingerprint density at radius 2 is 1.85 bits per heavy atom. The Bertz CT molecular complexity index is 1220. The van der Waals surface area contributed by atoms with Crippen LogP contribution in [-0.2, 0) is 11.2 Å². The van der Waals surface area contributed by atoms with Crippen molar-refractivity contribution < 1.29 is 24.1 Å². The highest BCUT2D eigenvalue weighted by molar-refractivity contribution is 6.10. The van der Waals surface area contributed by atoms with Gasteiger partial charge in [-0.1, -0.05) is 12.1 Å². The molecule has 1 amide bonds. The van der Waals surface area contributed by atoms with Gasteiger partial charge in [-0.15, -0.1) is 0 Å². The number of fused-ring (bicyclic) bond motifs is 1. The number of benzene rings is 1. The number of aliphatic hydroxyl groups is 1. The predicted octanol–water partition coefficient (Wildman–Crippen LogP) is 2.63. The van der Waals surface area contributed by atoms with E-state index in [4.69, 9.17) is 15.6 Å². The van der Waals surface area contributed by atoms with Gasteiger partial charge in [0.1, 0.15) is 17.0 Å². The van der Waals surface area contributed by atoms with E-state index in [1.165, 1.54) is 30.5 Å². The zero-order valence-electron chi connectivity index (χ0n) is 17.6. The normalized spacial score (nSPS) is 14.3. The van der Waals surface area contributed by atoms with Gasteiger partial charge in [-0.2, -0.15) is 0 Å². The molecule has 0 atom stereocenters. The van der Waals surface area contributed by atoms with E-state index in [9.17, 15) is 19.4 Å². The molecular formula is C23H22FN5O4. The van der Waals surface area contributed by atoms with Gasteiger partial charge in [0.15, 0.2) is 17.3 Å². The number of aliphatic hydroxyl groups excluding tert-OH is 1. The maximum Gasteiger partial charge on any atom is 0.273 e. The Morgan fingerprint density at radius 3 is 2.55 bits per heavy atom. The van der Waals surface area contributed by atoms with Gasteiger partial charge in [0, 0.05) is 31.1 Å². The molecule has 0 bridgehead atoms. The molecule has 1 aromatic carbocycles. The Kier molecular flexibility index (Phi) is 6.27. The van der Waals surface area contributed by atoms with Crippen molar-refractivity contribution in [3.8, 4) is 5.75 Å². The van der Waals surface area contributed by atoms with Gasteiger partial charge in [0.2, 0.25) is 5.90 Å². The van der Waals surface area contributed by atoms with Crippen molar-refractivity contribution >= 4 is 28.6 Å². The van der Waals surface area contributed by atoms with Crippen molar-refractivity contribution in [1.29, 1.82) is 10.8 Å². The van der Waals surface area contributed by atoms with E-state index in [1.54, 1.807) is 17.0 Å². The van der Waals surface area contributed by atoms with Gasteiger partial charge in [-0.05, 0) is 42.7 Å². The van der Waals surface area contributed by atoms with Crippen LogP contribution in [0, 0.1) is 16.6 Å². The Labute approximate surface area is 188 Å². The fraction of sp³-hybridized carbons (Fsp3) is 0.261. The van der Waals surface area contributed by atoms with Crippen LogP contribution < -0.4 is 0 Å². The van der Waals surface area contributed by atoms with E-state index in [-0.39, 0.29) is 29.2 Å². The van der Waals surface area contributed by atoms with Crippen molar-refractivity contribution in [1.82, 2.24) is 14.9 Å². The lowest BCUT2D eigenvalue weighted by Gasteiger charge is -2.29. The number of pyridine rings is 2. The van der Waals surface area contributed by atoms with Crippen LogP contribution >= 0.6 is 0 Å². The largest absolute Gasteiger partial charge is 0.504 e. The lowest BCUT2D eigenvalue weighted by molar-refractivity contribution is 0.0543. The molecule has 10 heteroatoms. The van der Waals surface area contributed by atoms with Gasteiger partial charge in [0.25, 0.3) is 5.91 Å². The second-order valence-electron chi connectivity index (χ2n) is 7.74. The van der Waals surface area contributed by atoms with E-state index in [1.807, 2.05) is 0 Å². The lowest BCUT2D eigenvalue weighted by Crippen LogP contribution is -2.40. The van der Waals surface area contributed by atoms with Gasteiger partial charge in [0.05, 0.1) is 6.10 Å². The minimum atomic E-state index is -0.615. The third-order valence-electron chi connectivity index (χ3n) is 5.41. The van der Waals surface area contributed by atoms with Crippen molar-refractivity contribution in [2.24, 2.45) is 0 Å². The maximum absolute atomic E-state index is 13.2. The molecule has 0 spiro atoms. The Balaban J connectivity index is 1.62. The number of aromatic nitrogens is 2. The Hall–Kier alpha value is -3.92. The molecule has 9 nitrogen and oxygen atoms in total. The number of nitrogens with zero attached hydrogens (tertiary/aromatic N) is 3. The first kappa shape index (κ1) is 22.3. The van der Waals surface area contributed by atoms with Gasteiger partial charge < -0.3 is 19.8 Å². The van der Waals surface area contributed by atoms with Crippen molar-refractivity contribution in [2.75, 3.05) is 13.1 Å². The third kappa shape index (κ3) is 4.80. The molecule has 0 radical (unpaired) electrons. The quantitative estimate of drug-likeness (QED) is 0.355. The topological polar surface area (TPSA) is 143 Å². The molecule has 0 saturated carbocycles. The van der Waals surface area contributed by atoms with Crippen molar-refractivity contribution in [3.05, 3.63) is 65.4 Å². The highest BCUT2D eigenvalue weighted by Gasteiger charge is 2.28. The van der Waals surface area contributed by atoms with Gasteiger partial charge in [-0.25, -0.2) is 9.37 Å². The molecule has 33 heavy (non-hydrogen) atoms. The summed E-state index contributed by atoms with van der Waals surface area (Å²) < 4.78 is 18.3. The number of hydrogen-bond acceptors (Lipinski definition) is 8. The second kappa shape index (κ2) is 9.29. The van der Waals surface area contributed by atoms with E-state index in [0.29, 0.717) is 36.9 Å². The number of rotatable bonds is 4. The summed E-state index contributed by atoms with van der Waals surface area (Å²) in [6.45, 7) is 0.714. The fourth-order valence-corrected chi connectivity index (χ4v) is 3.66. The summed E-state index contributed by atoms with van der Waals surface area (Å²) >= 11 is 0. The van der Waals surface area contributed by atoms with Crippen molar-refractivity contribution in [2.45, 2.75) is 25.4 Å². The maximum atomic E-state index is 13.2. The molecule has 1 aliphatic rings. The average molecular weight is 451 g/mol. The van der Waals surface area contributed by atoms with Crippen LogP contribution in [0.1, 0.15) is 34.6 Å². The van der Waals surface area contributed by atoms with Crippen molar-refractivity contribution in [3.63, 3.8) is 0 Å². The number of ether oxygens (including phenoxy) is 1. The summed E-state index contributed by atoms with van der Waals surface area (Å²) in [6, 6.07) is 8.73. The molecule has 3 aromatic rings. The van der Waals surface area contributed by atoms with Crippen LogP contribution in [0.15, 0.2) is 42.6 Å². The molecule has 0 aliphatic carbocycles. The van der Waals surface area contributed by atoms with E-state index in [0.717, 1.165) is 0 Å². The van der Waals surface area contributed by atoms with Crippen LogP contribution in [0.3, 0.4) is 0 Å². The summed E-state index contributed by atoms with van der Waals surface area (Å²) in [6.07, 6.45) is 1.89. The summed E-state index contributed by atoms with van der Waals surface area (Å²) in [5, 5.41) is 37.0. The zero-order chi connectivity index (χ0) is 23.5. The number of hydrogen-bond donors (Lipinski definition) is 4. The van der Waals surface area contributed by atoms with Crippen LogP contribution in [0.4, 0.5) is 4.39 Å². The molecule has 4 N–H and O–H groups in total. The SMILES string of the molecule is N=C(Cc1ccc(F)cc1)OC(=N)c1nc(C(=O)N2CCC(O)CC2)c2cccnc2c1O. The summed E-state index contributed by atoms with van der Waals surface area (Å²) in [5.74, 6) is -2.18. The number of carbonyl (C=O) groups excluding carboxylic acids is 1. The molecule has 4 rings (SSSR count). The summed E-state index contributed by atoms with van der Waals surface area (Å²) in [7, 11) is 0. The first-order valence-electron chi connectivity index (χ1n) is 10.4. The number of carbonyl (C=O) groups is 1. The van der Waals surface area contributed by atoms with E-state index < -0.39 is 29.5 Å². The monoisotopic (exact) mass is 451 g/mol. The number of likely N-dealkylation sites (tertiary alicyclic amines) is 1. The predicted molar refractivity (Wildman–Crippen MR) is 118 cm³/mol. The van der Waals surface area contributed by atoms with Crippen LogP contribution in [0.25, 0.3) is 10.9 Å². The van der Waals surface area contributed by atoms with E-state index in [2.05, 4.69) is 9.97 Å². The number of halogens is 1. The molecule has 0 unspecified atom stereocenters. The number of aromatic hydroxyl groups is 1. The van der Waals surface area contributed by atoms with Crippen LogP contribution in [0.5, 0.6) is 5.75 Å². The van der Waals surface area contributed by atoms with Crippen LogP contribution in [-0.4, -0.2) is 62.0 Å². The van der Waals surface area contributed by atoms with Crippen LogP contribution in [0.2, 0.25) is 0 Å². The summed E-state index contributed by atoms with van der Waals surface area (Å²) in [5.41, 5.74) is 0.377. The number of nitrogens with one attached hydrogen (secondary N) is 2.